The van der Waals surface area contributed by atoms with E-state index in [1.807, 2.05) is 50.2 Å². The Morgan fingerprint density at radius 1 is 0.767 bits per heavy atom. The first kappa shape index (κ1) is 18.4. The number of benzene rings is 2. The minimum atomic E-state index is -1.60. The minimum Gasteiger partial charge on any atom is -0.437 e. The van der Waals surface area contributed by atoms with Crippen LogP contribution in [-0.4, -0.2) is 9.97 Å². The molecule has 3 aromatic heterocycles. The van der Waals surface area contributed by atoms with Gasteiger partial charge in [-0.1, -0.05) is 30.3 Å². The van der Waals surface area contributed by atoms with Crippen molar-refractivity contribution in [2.45, 2.75) is 13.8 Å². The van der Waals surface area contributed by atoms with Crippen LogP contribution >= 0.6 is 0 Å². The van der Waals surface area contributed by atoms with E-state index in [1.165, 1.54) is 0 Å². The molecule has 0 fully saturated rings. The van der Waals surface area contributed by atoms with E-state index in [0.29, 0.717) is 16.9 Å². The third-order valence-corrected chi connectivity index (χ3v) is 5.25. The van der Waals surface area contributed by atoms with E-state index in [2.05, 4.69) is 4.98 Å². The number of rotatable bonds is 2. The highest BCUT2D eigenvalue weighted by molar-refractivity contribution is 6.08. The number of para-hydroxylation sites is 1. The lowest BCUT2D eigenvalue weighted by molar-refractivity contribution is 0.428. The number of pyridine rings is 2. The van der Waals surface area contributed by atoms with Crippen LogP contribution in [0.1, 0.15) is 11.1 Å². The molecule has 30 heavy (non-hydrogen) atoms. The van der Waals surface area contributed by atoms with Gasteiger partial charge in [-0.3, -0.25) is 0 Å². The first-order valence-electron chi connectivity index (χ1n) is 9.35. The van der Waals surface area contributed by atoms with Crippen LogP contribution in [0.4, 0.5) is 13.2 Å². The molecule has 0 saturated carbocycles. The van der Waals surface area contributed by atoms with Crippen molar-refractivity contribution in [1.29, 1.82) is 0 Å². The molecule has 6 heteroatoms. The minimum absolute atomic E-state index is 0.0500. The fourth-order valence-electron chi connectivity index (χ4n) is 3.85. The second-order valence-corrected chi connectivity index (χ2v) is 7.19. The molecule has 0 spiro atoms. The SMILES string of the molecule is Cc1cccc(C)c1-c1ccc2c(n1)oc1c(-c3cc(F)c(F)c(F)n3)cccc12. The molecule has 0 bridgehead atoms. The van der Waals surface area contributed by atoms with E-state index in [9.17, 15) is 13.2 Å². The summed E-state index contributed by atoms with van der Waals surface area (Å²) in [6.07, 6.45) is 0. The molecular weight excluding hydrogens is 389 g/mol. The zero-order chi connectivity index (χ0) is 21.0. The fourth-order valence-corrected chi connectivity index (χ4v) is 3.85. The van der Waals surface area contributed by atoms with Crippen LogP contribution in [0.2, 0.25) is 0 Å². The number of nitrogens with zero attached hydrogens (tertiary/aromatic N) is 2. The topological polar surface area (TPSA) is 38.9 Å². The lowest BCUT2D eigenvalue weighted by Crippen LogP contribution is -1.97. The summed E-state index contributed by atoms with van der Waals surface area (Å²) in [6.45, 7) is 4.04. The van der Waals surface area contributed by atoms with Gasteiger partial charge < -0.3 is 4.42 Å². The molecule has 0 aliphatic carbocycles. The molecule has 3 nitrogen and oxygen atoms in total. The average Bonchev–Trinajstić information content (AvgIpc) is 3.09. The van der Waals surface area contributed by atoms with Gasteiger partial charge in [-0.15, -0.1) is 0 Å². The Kier molecular flexibility index (Phi) is 4.10. The van der Waals surface area contributed by atoms with E-state index in [-0.39, 0.29) is 5.69 Å². The van der Waals surface area contributed by atoms with Crippen LogP contribution in [0, 0.1) is 31.4 Å². The van der Waals surface area contributed by atoms with Gasteiger partial charge in [0.1, 0.15) is 5.58 Å². The highest BCUT2D eigenvalue weighted by Crippen LogP contribution is 2.36. The Balaban J connectivity index is 1.75. The van der Waals surface area contributed by atoms with Gasteiger partial charge in [-0.2, -0.15) is 8.78 Å². The Morgan fingerprint density at radius 2 is 1.50 bits per heavy atom. The number of aryl methyl sites for hydroxylation is 2. The lowest BCUT2D eigenvalue weighted by atomic mass is 9.99. The second kappa shape index (κ2) is 6.69. The Morgan fingerprint density at radius 3 is 2.23 bits per heavy atom. The first-order valence-corrected chi connectivity index (χ1v) is 9.35. The Bertz CT molecular complexity index is 1410. The maximum atomic E-state index is 13.7. The first-order chi connectivity index (χ1) is 14.4. The van der Waals surface area contributed by atoms with Crippen LogP contribution in [0.15, 0.2) is 59.0 Å². The maximum absolute atomic E-state index is 13.7. The summed E-state index contributed by atoms with van der Waals surface area (Å²) in [5, 5.41) is 1.50. The monoisotopic (exact) mass is 404 g/mol. The average molecular weight is 404 g/mol. The maximum Gasteiger partial charge on any atom is 0.252 e. The van der Waals surface area contributed by atoms with E-state index >= 15 is 0 Å². The van der Waals surface area contributed by atoms with Gasteiger partial charge in [-0.25, -0.2) is 14.4 Å². The summed E-state index contributed by atoms with van der Waals surface area (Å²) < 4.78 is 46.8. The summed E-state index contributed by atoms with van der Waals surface area (Å²) >= 11 is 0. The van der Waals surface area contributed by atoms with E-state index in [0.717, 1.165) is 39.2 Å². The van der Waals surface area contributed by atoms with Crippen molar-refractivity contribution < 1.29 is 17.6 Å². The van der Waals surface area contributed by atoms with Gasteiger partial charge in [0, 0.05) is 28.0 Å². The largest absolute Gasteiger partial charge is 0.437 e. The van der Waals surface area contributed by atoms with Gasteiger partial charge in [0.2, 0.25) is 11.5 Å². The summed E-state index contributed by atoms with van der Waals surface area (Å²) in [5.74, 6) is -4.40. The summed E-state index contributed by atoms with van der Waals surface area (Å²) in [4.78, 5) is 8.24. The Labute approximate surface area is 169 Å². The lowest BCUT2D eigenvalue weighted by Gasteiger charge is -2.08. The third kappa shape index (κ3) is 2.76. The highest BCUT2D eigenvalue weighted by Gasteiger charge is 2.19. The van der Waals surface area contributed by atoms with Crippen molar-refractivity contribution in [2.75, 3.05) is 0 Å². The molecule has 0 saturated heterocycles. The molecule has 0 atom stereocenters. The molecule has 0 unspecified atom stereocenters. The second-order valence-electron chi connectivity index (χ2n) is 7.19. The molecule has 0 N–H and O–H groups in total. The molecule has 5 aromatic rings. The number of hydrogen-bond acceptors (Lipinski definition) is 3. The number of furan rings is 1. The zero-order valence-electron chi connectivity index (χ0n) is 16.1. The molecule has 5 rings (SSSR count). The third-order valence-electron chi connectivity index (χ3n) is 5.25. The van der Waals surface area contributed by atoms with Gasteiger partial charge in [0.05, 0.1) is 11.4 Å². The smallest absolute Gasteiger partial charge is 0.252 e. The summed E-state index contributed by atoms with van der Waals surface area (Å²) in [5.41, 5.74) is 5.10. The summed E-state index contributed by atoms with van der Waals surface area (Å²) in [7, 11) is 0. The van der Waals surface area contributed by atoms with Crippen LogP contribution in [-0.2, 0) is 0 Å². The van der Waals surface area contributed by atoms with E-state index in [4.69, 9.17) is 9.40 Å². The van der Waals surface area contributed by atoms with Crippen LogP contribution in [0.25, 0.3) is 44.6 Å². The molecule has 0 radical (unpaired) electrons. The molecule has 0 aliphatic rings. The van der Waals surface area contributed by atoms with Crippen LogP contribution in [0.5, 0.6) is 0 Å². The predicted octanol–water partition coefficient (Wildman–Crippen LogP) is 6.74. The quantitative estimate of drug-likeness (QED) is 0.306. The van der Waals surface area contributed by atoms with Crippen LogP contribution in [0.3, 0.4) is 0 Å². The van der Waals surface area contributed by atoms with E-state index in [1.54, 1.807) is 12.1 Å². The molecule has 0 amide bonds. The van der Waals surface area contributed by atoms with Gasteiger partial charge >= 0.3 is 0 Å². The van der Waals surface area contributed by atoms with Gasteiger partial charge in [-0.05, 0) is 43.2 Å². The number of fused-ring (bicyclic) bond motifs is 3. The molecule has 3 heterocycles. The van der Waals surface area contributed by atoms with Crippen molar-refractivity contribution in [2.24, 2.45) is 0 Å². The fraction of sp³-hybridized carbons (Fsp3) is 0.0833. The van der Waals surface area contributed by atoms with Crippen molar-refractivity contribution >= 4 is 22.1 Å². The molecule has 0 aliphatic heterocycles. The summed E-state index contributed by atoms with van der Waals surface area (Å²) in [6, 6.07) is 15.9. The molecule has 148 valence electrons. The predicted molar refractivity (Wildman–Crippen MR) is 110 cm³/mol. The van der Waals surface area contributed by atoms with Crippen molar-refractivity contribution in [1.82, 2.24) is 9.97 Å². The van der Waals surface area contributed by atoms with Crippen molar-refractivity contribution in [3.05, 3.63) is 83.3 Å². The number of aromatic nitrogens is 2. The number of hydrogen-bond donors (Lipinski definition) is 0. The zero-order valence-corrected chi connectivity index (χ0v) is 16.1. The van der Waals surface area contributed by atoms with Crippen molar-refractivity contribution in [3.63, 3.8) is 0 Å². The standard InChI is InChI=1S/C24H15F3N2O/c1-12-5-3-6-13(2)20(12)18-10-9-15-14-7-4-8-16(22(14)30-24(15)29-18)19-11-17(25)21(26)23(27)28-19/h3-11H,1-2H3. The molecule has 2 aromatic carbocycles. The van der Waals surface area contributed by atoms with Crippen LogP contribution < -0.4 is 0 Å². The molecular formula is C24H15F3N2O. The highest BCUT2D eigenvalue weighted by atomic mass is 19.2. The van der Waals surface area contributed by atoms with E-state index < -0.39 is 17.6 Å². The normalized spacial score (nSPS) is 11.5. The van der Waals surface area contributed by atoms with Gasteiger partial charge in [0.15, 0.2) is 5.82 Å². The number of halogens is 3. The van der Waals surface area contributed by atoms with Crippen molar-refractivity contribution in [3.8, 4) is 22.5 Å². The Hall–Kier alpha value is -3.67. The van der Waals surface area contributed by atoms with Gasteiger partial charge in [0.25, 0.3) is 5.95 Å².